The van der Waals surface area contributed by atoms with Crippen LogP contribution in [0.1, 0.15) is 35.6 Å². The third-order valence-electron chi connectivity index (χ3n) is 3.14. The Morgan fingerprint density at radius 1 is 1.33 bits per heavy atom. The van der Waals surface area contributed by atoms with Crippen molar-refractivity contribution in [3.8, 4) is 11.8 Å². The Balaban J connectivity index is 1.99. The van der Waals surface area contributed by atoms with E-state index in [1.165, 1.54) is 18.4 Å². The first-order valence-corrected chi connectivity index (χ1v) is 6.20. The molecule has 7 heteroatoms. The van der Waals surface area contributed by atoms with Crippen LogP contribution in [0.4, 0.5) is 13.2 Å². The van der Waals surface area contributed by atoms with Crippen LogP contribution in [0.15, 0.2) is 28.9 Å². The molecule has 0 bridgehead atoms. The number of carbonyl (C=O) groups excluding carboxylic acids is 1. The minimum absolute atomic E-state index is 0.0478. The smallest absolute Gasteiger partial charge is 0.416 e. The molecule has 109 valence electrons. The number of alkyl halides is 3. The maximum absolute atomic E-state index is 13.1. The zero-order chi connectivity index (χ0) is 15.0. The molecule has 1 heterocycles. The summed E-state index contributed by atoms with van der Waals surface area (Å²) in [5, 5.41) is 0. The normalized spacial score (nSPS) is 15.0. The summed E-state index contributed by atoms with van der Waals surface area (Å²) >= 11 is 0. The van der Waals surface area contributed by atoms with Crippen LogP contribution < -0.4 is 4.74 Å². The van der Waals surface area contributed by atoms with Gasteiger partial charge in [0.25, 0.3) is 6.29 Å². The molecule has 1 aliphatic carbocycles. The third-order valence-corrected chi connectivity index (χ3v) is 3.14. The number of benzene rings is 1. The van der Waals surface area contributed by atoms with Crippen molar-refractivity contribution in [1.29, 1.82) is 0 Å². The van der Waals surface area contributed by atoms with Crippen molar-refractivity contribution in [3.05, 3.63) is 41.3 Å². The van der Waals surface area contributed by atoms with Crippen molar-refractivity contribution in [2.24, 2.45) is 0 Å². The molecule has 0 unspecified atom stereocenters. The van der Waals surface area contributed by atoms with Crippen molar-refractivity contribution in [2.45, 2.75) is 24.9 Å². The topological polar surface area (TPSA) is 52.3 Å². The number of aromatic nitrogens is 1. The fourth-order valence-electron chi connectivity index (χ4n) is 2.12. The molecule has 0 amide bonds. The van der Waals surface area contributed by atoms with Crippen molar-refractivity contribution in [3.63, 3.8) is 0 Å². The van der Waals surface area contributed by atoms with Gasteiger partial charge >= 0.3 is 12.3 Å². The van der Waals surface area contributed by atoms with E-state index in [1.807, 2.05) is 0 Å². The number of nitrogens with zero attached hydrogens (tertiary/aromatic N) is 1. The van der Waals surface area contributed by atoms with Gasteiger partial charge < -0.3 is 9.15 Å². The first kappa shape index (κ1) is 13.7. The van der Waals surface area contributed by atoms with Gasteiger partial charge in [-0.2, -0.15) is 18.2 Å². The molecule has 1 aliphatic rings. The van der Waals surface area contributed by atoms with Gasteiger partial charge in [0.2, 0.25) is 0 Å². The number of hydrogen-bond acceptors (Lipinski definition) is 4. The van der Waals surface area contributed by atoms with Crippen LogP contribution in [0.5, 0.6) is 11.8 Å². The average Bonchev–Trinajstić information content (AvgIpc) is 3.17. The SMILES string of the molecule is O=[C]c1coc(Oc2cccc(C(F)(F)F)c2C2CC2)n1. The van der Waals surface area contributed by atoms with Crippen LogP contribution in [-0.2, 0) is 11.0 Å². The van der Waals surface area contributed by atoms with E-state index < -0.39 is 11.7 Å². The molecule has 1 aromatic heterocycles. The minimum Gasteiger partial charge on any atom is -0.416 e. The van der Waals surface area contributed by atoms with Gasteiger partial charge in [0, 0.05) is 5.56 Å². The van der Waals surface area contributed by atoms with Gasteiger partial charge in [-0.15, -0.1) is 0 Å². The Hall–Kier alpha value is -2.31. The van der Waals surface area contributed by atoms with E-state index >= 15 is 0 Å². The predicted octanol–water partition coefficient (Wildman–Crippen LogP) is 3.82. The zero-order valence-corrected chi connectivity index (χ0v) is 10.6. The summed E-state index contributed by atoms with van der Waals surface area (Å²) in [7, 11) is 0. The van der Waals surface area contributed by atoms with Gasteiger partial charge in [-0.25, -0.2) is 0 Å². The zero-order valence-electron chi connectivity index (χ0n) is 10.6. The van der Waals surface area contributed by atoms with Gasteiger partial charge in [0.1, 0.15) is 12.0 Å². The number of halogens is 3. The number of hydrogen-bond donors (Lipinski definition) is 0. The first-order chi connectivity index (χ1) is 9.99. The van der Waals surface area contributed by atoms with Gasteiger partial charge in [-0.1, -0.05) is 6.07 Å². The number of rotatable bonds is 4. The molecule has 0 saturated heterocycles. The molecule has 0 spiro atoms. The summed E-state index contributed by atoms with van der Waals surface area (Å²) in [6.45, 7) is 0. The van der Waals surface area contributed by atoms with Gasteiger partial charge in [-0.3, -0.25) is 4.79 Å². The maximum Gasteiger partial charge on any atom is 0.416 e. The van der Waals surface area contributed by atoms with E-state index in [-0.39, 0.29) is 29.0 Å². The van der Waals surface area contributed by atoms with Crippen LogP contribution >= 0.6 is 0 Å². The van der Waals surface area contributed by atoms with Crippen LogP contribution in [0.25, 0.3) is 0 Å². The molecule has 1 aromatic carbocycles. The highest BCUT2D eigenvalue weighted by molar-refractivity contribution is 5.71. The fraction of sp³-hybridized carbons (Fsp3) is 0.286. The molecule has 0 aliphatic heterocycles. The lowest BCUT2D eigenvalue weighted by Crippen LogP contribution is -2.09. The molecule has 0 atom stereocenters. The standard InChI is InChI=1S/C14H9F3NO3/c15-14(16,17)10-2-1-3-11(12(10)8-4-5-8)21-13-18-9(6-19)7-20-13/h1-3,7-8H,4-5H2. The largest absolute Gasteiger partial charge is 0.416 e. The molecule has 3 rings (SSSR count). The van der Waals surface area contributed by atoms with Crippen LogP contribution in [0.3, 0.4) is 0 Å². The molecule has 1 fully saturated rings. The van der Waals surface area contributed by atoms with Crippen LogP contribution in [0, 0.1) is 0 Å². The highest BCUT2D eigenvalue weighted by Gasteiger charge is 2.40. The van der Waals surface area contributed by atoms with Gasteiger partial charge in [0.05, 0.1) is 5.56 Å². The number of oxazole rings is 1. The van der Waals surface area contributed by atoms with E-state index in [2.05, 4.69) is 4.98 Å². The third kappa shape index (κ3) is 2.76. The van der Waals surface area contributed by atoms with Crippen LogP contribution in [-0.4, -0.2) is 11.3 Å². The summed E-state index contributed by atoms with van der Waals surface area (Å²) in [4.78, 5) is 14.0. The van der Waals surface area contributed by atoms with E-state index in [4.69, 9.17) is 9.15 Å². The van der Waals surface area contributed by atoms with Gasteiger partial charge in [0.15, 0.2) is 5.69 Å². The molecular formula is C14H9F3NO3. The van der Waals surface area contributed by atoms with Crippen molar-refractivity contribution >= 4 is 6.29 Å². The van der Waals surface area contributed by atoms with Crippen molar-refractivity contribution in [2.75, 3.05) is 0 Å². The van der Waals surface area contributed by atoms with Crippen LogP contribution in [0.2, 0.25) is 0 Å². The van der Waals surface area contributed by atoms with Crippen molar-refractivity contribution in [1.82, 2.24) is 4.98 Å². The fourth-order valence-corrected chi connectivity index (χ4v) is 2.12. The molecular weight excluding hydrogens is 287 g/mol. The first-order valence-electron chi connectivity index (χ1n) is 6.20. The van der Waals surface area contributed by atoms with Gasteiger partial charge in [-0.05, 0) is 30.9 Å². The summed E-state index contributed by atoms with van der Waals surface area (Å²) in [5.74, 6) is -0.128. The highest BCUT2D eigenvalue weighted by Crippen LogP contribution is 2.50. The second-order valence-corrected chi connectivity index (χ2v) is 4.69. The molecule has 2 aromatic rings. The number of ether oxygens (including phenoxy) is 1. The summed E-state index contributed by atoms with van der Waals surface area (Å²) < 4.78 is 49.3. The molecule has 1 saturated carbocycles. The second kappa shape index (κ2) is 4.91. The lowest BCUT2D eigenvalue weighted by molar-refractivity contribution is -0.138. The molecule has 0 N–H and O–H groups in total. The van der Waals surface area contributed by atoms with Crippen molar-refractivity contribution < 1.29 is 27.1 Å². The highest BCUT2D eigenvalue weighted by atomic mass is 19.4. The Morgan fingerprint density at radius 2 is 2.10 bits per heavy atom. The average molecular weight is 296 g/mol. The Morgan fingerprint density at radius 3 is 2.67 bits per heavy atom. The summed E-state index contributed by atoms with van der Waals surface area (Å²) in [5.41, 5.74) is -0.707. The van der Waals surface area contributed by atoms with E-state index in [1.54, 1.807) is 0 Å². The lowest BCUT2D eigenvalue weighted by atomic mass is 10.0. The molecule has 4 nitrogen and oxygen atoms in total. The quantitative estimate of drug-likeness (QED) is 0.860. The minimum atomic E-state index is -4.45. The summed E-state index contributed by atoms with van der Waals surface area (Å²) in [6.07, 6.45) is -0.842. The molecule has 21 heavy (non-hydrogen) atoms. The lowest BCUT2D eigenvalue weighted by Gasteiger charge is -2.15. The monoisotopic (exact) mass is 296 g/mol. The summed E-state index contributed by atoms with van der Waals surface area (Å²) in [6, 6.07) is 3.72. The maximum atomic E-state index is 13.1. The van der Waals surface area contributed by atoms with E-state index in [0.29, 0.717) is 12.8 Å². The molecule has 1 radical (unpaired) electrons. The second-order valence-electron chi connectivity index (χ2n) is 4.69. The Bertz CT molecular complexity index is 674. The Labute approximate surface area is 117 Å². The van der Waals surface area contributed by atoms with E-state index in [0.717, 1.165) is 12.3 Å². The predicted molar refractivity (Wildman–Crippen MR) is 64.8 cm³/mol. The van der Waals surface area contributed by atoms with E-state index in [9.17, 15) is 18.0 Å². The Kier molecular flexibility index (Phi) is 3.19.